The predicted molar refractivity (Wildman–Crippen MR) is 70.9 cm³/mol. The largest absolute Gasteiger partial charge is 0.321 e. The lowest BCUT2D eigenvalue weighted by Crippen LogP contribution is -2.36. The minimum absolute atomic E-state index is 0.0366. The van der Waals surface area contributed by atoms with E-state index in [0.29, 0.717) is 0 Å². The second kappa shape index (κ2) is 5.19. The van der Waals surface area contributed by atoms with Gasteiger partial charge in [0, 0.05) is 6.54 Å². The second-order valence-electron chi connectivity index (χ2n) is 4.74. The van der Waals surface area contributed by atoms with E-state index in [4.69, 9.17) is 0 Å². The van der Waals surface area contributed by atoms with Gasteiger partial charge in [0.2, 0.25) is 5.91 Å². The van der Waals surface area contributed by atoms with E-state index in [-0.39, 0.29) is 18.1 Å². The second-order valence-corrected chi connectivity index (χ2v) is 5.48. The number of nitrogens with one attached hydrogen (secondary N) is 1. The van der Waals surface area contributed by atoms with E-state index in [9.17, 15) is 4.79 Å². The summed E-state index contributed by atoms with van der Waals surface area (Å²) in [6, 6.07) is -0.0366. The summed E-state index contributed by atoms with van der Waals surface area (Å²) >= 11 is 1.71. The van der Waals surface area contributed by atoms with Crippen LogP contribution >= 0.6 is 11.3 Å². The van der Waals surface area contributed by atoms with Crippen LogP contribution in [0.1, 0.15) is 37.8 Å². The summed E-state index contributed by atoms with van der Waals surface area (Å²) in [5, 5.41) is 7.65. The number of aryl methyl sites for hydroxylation is 1. The molecule has 17 heavy (non-hydrogen) atoms. The Labute approximate surface area is 107 Å². The molecule has 1 aromatic heterocycles. The van der Waals surface area contributed by atoms with E-state index in [1.807, 2.05) is 11.8 Å². The van der Waals surface area contributed by atoms with Crippen molar-refractivity contribution >= 4 is 17.2 Å². The Hall–Kier alpha value is -0.870. The quantitative estimate of drug-likeness (QED) is 0.893. The van der Waals surface area contributed by atoms with Crippen LogP contribution in [0.2, 0.25) is 0 Å². The molecule has 0 spiro atoms. The molecular formula is C13H20N2OS. The molecule has 0 radical (unpaired) electrons. The first-order chi connectivity index (χ1) is 8.13. The SMILES string of the molecule is CCCC1NC(C)C(=O)N1Cc1cscc1C. The molecule has 2 unspecified atom stereocenters. The monoisotopic (exact) mass is 252 g/mol. The maximum atomic E-state index is 12.1. The molecule has 3 nitrogen and oxygen atoms in total. The lowest BCUT2D eigenvalue weighted by atomic mass is 10.2. The molecule has 1 saturated heterocycles. The zero-order chi connectivity index (χ0) is 12.4. The molecule has 0 saturated carbocycles. The van der Waals surface area contributed by atoms with Crippen LogP contribution in [0.5, 0.6) is 0 Å². The Morgan fingerprint density at radius 2 is 2.24 bits per heavy atom. The van der Waals surface area contributed by atoms with Gasteiger partial charge in [0.1, 0.15) is 0 Å². The summed E-state index contributed by atoms with van der Waals surface area (Å²) in [5.74, 6) is 0.231. The maximum absolute atomic E-state index is 12.1. The average molecular weight is 252 g/mol. The highest BCUT2D eigenvalue weighted by molar-refractivity contribution is 7.08. The van der Waals surface area contributed by atoms with Gasteiger partial charge in [-0.15, -0.1) is 0 Å². The lowest BCUT2D eigenvalue weighted by molar-refractivity contribution is -0.130. The molecule has 0 aliphatic carbocycles. The summed E-state index contributed by atoms with van der Waals surface area (Å²) < 4.78 is 0. The van der Waals surface area contributed by atoms with E-state index in [2.05, 4.69) is 29.9 Å². The lowest BCUT2D eigenvalue weighted by Gasteiger charge is -2.23. The van der Waals surface area contributed by atoms with Gasteiger partial charge in [-0.05, 0) is 42.2 Å². The van der Waals surface area contributed by atoms with Gasteiger partial charge >= 0.3 is 0 Å². The van der Waals surface area contributed by atoms with E-state index < -0.39 is 0 Å². The van der Waals surface area contributed by atoms with Gasteiger partial charge in [-0.25, -0.2) is 0 Å². The third kappa shape index (κ3) is 2.53. The van der Waals surface area contributed by atoms with Crippen molar-refractivity contribution in [1.82, 2.24) is 10.2 Å². The predicted octanol–water partition coefficient (Wildman–Crippen LogP) is 2.50. The molecule has 1 aliphatic heterocycles. The van der Waals surface area contributed by atoms with Crippen LogP contribution in [0.3, 0.4) is 0 Å². The molecule has 0 aromatic carbocycles. The molecule has 2 heterocycles. The maximum Gasteiger partial charge on any atom is 0.241 e. The molecule has 2 atom stereocenters. The van der Waals surface area contributed by atoms with Crippen molar-refractivity contribution in [2.75, 3.05) is 0 Å². The first-order valence-electron chi connectivity index (χ1n) is 6.21. The number of hydrogen-bond acceptors (Lipinski definition) is 3. The Bertz CT molecular complexity index is 402. The van der Waals surface area contributed by atoms with E-state index in [1.165, 1.54) is 11.1 Å². The Balaban J connectivity index is 2.12. The number of nitrogens with zero attached hydrogens (tertiary/aromatic N) is 1. The molecule has 1 N–H and O–H groups in total. The smallest absolute Gasteiger partial charge is 0.241 e. The van der Waals surface area contributed by atoms with Gasteiger partial charge in [0.25, 0.3) is 0 Å². The third-order valence-electron chi connectivity index (χ3n) is 3.34. The zero-order valence-corrected chi connectivity index (χ0v) is 11.5. The Morgan fingerprint density at radius 3 is 2.82 bits per heavy atom. The fourth-order valence-electron chi connectivity index (χ4n) is 2.29. The molecule has 94 valence electrons. The fourth-order valence-corrected chi connectivity index (χ4v) is 3.13. The van der Waals surface area contributed by atoms with Crippen molar-refractivity contribution in [3.05, 3.63) is 21.9 Å². The number of amides is 1. The molecule has 1 fully saturated rings. The number of carbonyl (C=O) groups excluding carboxylic acids is 1. The minimum Gasteiger partial charge on any atom is -0.321 e. The van der Waals surface area contributed by atoms with Crippen molar-refractivity contribution in [2.45, 2.75) is 52.4 Å². The summed E-state index contributed by atoms with van der Waals surface area (Å²) in [5.41, 5.74) is 2.57. The van der Waals surface area contributed by atoms with Crippen molar-refractivity contribution in [2.24, 2.45) is 0 Å². The van der Waals surface area contributed by atoms with E-state index in [1.54, 1.807) is 11.3 Å². The highest BCUT2D eigenvalue weighted by Crippen LogP contribution is 2.22. The van der Waals surface area contributed by atoms with Crippen molar-refractivity contribution in [3.8, 4) is 0 Å². The molecule has 1 aliphatic rings. The van der Waals surface area contributed by atoms with Crippen LogP contribution in [0, 0.1) is 6.92 Å². The molecule has 4 heteroatoms. The number of rotatable bonds is 4. The highest BCUT2D eigenvalue weighted by Gasteiger charge is 2.35. The van der Waals surface area contributed by atoms with Crippen LogP contribution in [-0.4, -0.2) is 23.0 Å². The highest BCUT2D eigenvalue weighted by atomic mass is 32.1. The van der Waals surface area contributed by atoms with Crippen LogP contribution in [-0.2, 0) is 11.3 Å². The molecule has 1 amide bonds. The van der Waals surface area contributed by atoms with Crippen LogP contribution in [0.15, 0.2) is 10.8 Å². The molecule has 0 bridgehead atoms. The first-order valence-corrected chi connectivity index (χ1v) is 7.16. The van der Waals surface area contributed by atoms with E-state index in [0.717, 1.165) is 19.4 Å². The zero-order valence-electron chi connectivity index (χ0n) is 10.7. The first kappa shape index (κ1) is 12.6. The summed E-state index contributed by atoms with van der Waals surface area (Å²) in [4.78, 5) is 14.1. The summed E-state index contributed by atoms with van der Waals surface area (Å²) in [6.07, 6.45) is 2.33. The number of carbonyl (C=O) groups is 1. The van der Waals surface area contributed by atoms with Gasteiger partial charge in [-0.1, -0.05) is 13.3 Å². The van der Waals surface area contributed by atoms with Gasteiger partial charge in [-0.2, -0.15) is 11.3 Å². The fraction of sp³-hybridized carbons (Fsp3) is 0.615. The van der Waals surface area contributed by atoms with Gasteiger partial charge in [0.15, 0.2) is 0 Å². The minimum atomic E-state index is -0.0366. The van der Waals surface area contributed by atoms with Crippen LogP contribution in [0.4, 0.5) is 0 Å². The normalized spacial score (nSPS) is 24.6. The third-order valence-corrected chi connectivity index (χ3v) is 4.25. The number of thiophene rings is 1. The molecule has 1 aromatic rings. The summed E-state index contributed by atoms with van der Waals surface area (Å²) in [6.45, 7) is 6.96. The standard InChI is InChI=1S/C13H20N2OS/c1-4-5-12-14-10(3)13(16)15(12)6-11-8-17-7-9(11)2/h7-8,10,12,14H,4-6H2,1-3H3. The van der Waals surface area contributed by atoms with Gasteiger partial charge < -0.3 is 4.90 Å². The van der Waals surface area contributed by atoms with Crippen LogP contribution < -0.4 is 5.32 Å². The van der Waals surface area contributed by atoms with Crippen molar-refractivity contribution in [1.29, 1.82) is 0 Å². The summed E-state index contributed by atoms with van der Waals surface area (Å²) in [7, 11) is 0. The van der Waals surface area contributed by atoms with Crippen molar-refractivity contribution < 1.29 is 4.79 Å². The van der Waals surface area contributed by atoms with E-state index >= 15 is 0 Å². The van der Waals surface area contributed by atoms with Crippen LogP contribution in [0.25, 0.3) is 0 Å². The Morgan fingerprint density at radius 1 is 1.47 bits per heavy atom. The number of hydrogen-bond donors (Lipinski definition) is 1. The average Bonchev–Trinajstić information content (AvgIpc) is 2.80. The topological polar surface area (TPSA) is 32.3 Å². The van der Waals surface area contributed by atoms with Crippen molar-refractivity contribution in [3.63, 3.8) is 0 Å². The Kier molecular flexibility index (Phi) is 3.84. The molecule has 2 rings (SSSR count). The van der Waals surface area contributed by atoms with Gasteiger partial charge in [0.05, 0.1) is 12.2 Å². The molecular weight excluding hydrogens is 232 g/mol. The van der Waals surface area contributed by atoms with Gasteiger partial charge in [-0.3, -0.25) is 10.1 Å².